The zero-order chi connectivity index (χ0) is 34.2. The monoisotopic (exact) mass is 680 g/mol. The molecule has 5 atom stereocenters. The molecule has 0 spiro atoms. The molecule has 0 amide bonds. The first-order valence-corrected chi connectivity index (χ1v) is 16.7. The molecule has 5 rings (SSSR count). The van der Waals surface area contributed by atoms with Crippen LogP contribution in [-0.4, -0.2) is 171 Å². The van der Waals surface area contributed by atoms with E-state index in [0.717, 1.165) is 64.7 Å². The number of ether oxygens (including phenoxy) is 2. The molecule has 268 valence electrons. The molecule has 3 aliphatic rings. The summed E-state index contributed by atoms with van der Waals surface area (Å²) in [6.07, 6.45) is -2.57. The molecular weight excluding hydrogens is 632 g/mol. The maximum absolute atomic E-state index is 11.5. The minimum Gasteiger partial charge on any atom is -0.479 e. The molecule has 5 heterocycles. The van der Waals surface area contributed by atoms with Gasteiger partial charge in [-0.1, -0.05) is 0 Å². The molecule has 0 aliphatic carbocycles. The molecule has 3 saturated heterocycles. The van der Waals surface area contributed by atoms with Crippen molar-refractivity contribution in [2.45, 2.75) is 69.2 Å². The summed E-state index contributed by atoms with van der Waals surface area (Å²) in [4.78, 5) is 39.1. The van der Waals surface area contributed by atoms with Crippen molar-refractivity contribution >= 4 is 40.5 Å². The Labute approximate surface area is 278 Å². The number of carboxylic acids is 1. The van der Waals surface area contributed by atoms with Crippen LogP contribution in [0, 0.1) is 0 Å². The van der Waals surface area contributed by atoms with E-state index in [1.807, 2.05) is 0 Å². The first-order chi connectivity index (χ1) is 23.3. The maximum Gasteiger partial charge on any atom is 0.335 e. The number of piperidine rings is 2. The third-order valence-electron chi connectivity index (χ3n) is 8.93. The first-order valence-electron chi connectivity index (χ1n) is 16.7. The van der Waals surface area contributed by atoms with Crippen LogP contribution in [0.5, 0.6) is 0 Å². The average Bonchev–Trinajstić information content (AvgIpc) is 3.10. The fourth-order valence-corrected chi connectivity index (χ4v) is 6.35. The zero-order valence-corrected chi connectivity index (χ0v) is 27.0. The Morgan fingerprint density at radius 3 is 1.58 bits per heavy atom. The molecule has 0 radical (unpaired) electrons. The van der Waals surface area contributed by atoms with Gasteiger partial charge in [-0.2, -0.15) is 9.97 Å². The van der Waals surface area contributed by atoms with Crippen molar-refractivity contribution in [2.75, 3.05) is 98.4 Å². The zero-order valence-electron chi connectivity index (χ0n) is 27.0. The van der Waals surface area contributed by atoms with Gasteiger partial charge in [-0.15, -0.1) is 0 Å². The first kappa shape index (κ1) is 36.1. The second kappa shape index (κ2) is 16.9. The summed E-state index contributed by atoms with van der Waals surface area (Å²) in [5.74, 6) is 0.343. The van der Waals surface area contributed by atoms with E-state index in [2.05, 4.69) is 9.80 Å². The largest absolute Gasteiger partial charge is 0.479 e. The van der Waals surface area contributed by atoms with Crippen LogP contribution in [0.1, 0.15) is 38.5 Å². The SMILES string of the molecule is O=C(O)C1O[C@H](OCCN(CCO)c2nc(N3CCCCC3)c3nc(N(CCO)CCO)nc(N4CCCCC4)c3n2)[C@H](O)[C@H](O)[C@H]1O. The number of hydrogen-bond donors (Lipinski definition) is 7. The normalized spacial score (nSPS) is 25.0. The topological polar surface area (TPSA) is 242 Å². The third kappa shape index (κ3) is 8.14. The number of aliphatic carboxylic acids is 1. The lowest BCUT2D eigenvalue weighted by Gasteiger charge is -2.38. The standard InChI is InChI=1S/C30H48N8O10/c39-15-11-37(12-16-40)29-31-19-20(25(33-29)35-7-3-1-4-8-35)32-30(34-26(19)36-9-5-2-6-10-36)38(13-17-41)14-18-47-28-23(44)21(42)22(43)24(48-28)27(45)46/h21-24,28,39-44H,1-18H2,(H,45,46)/t21-,22-,23-,24?,28+/m1/s1. The minimum atomic E-state index is -1.83. The lowest BCUT2D eigenvalue weighted by atomic mass is 9.99. The summed E-state index contributed by atoms with van der Waals surface area (Å²) < 4.78 is 10.9. The van der Waals surface area contributed by atoms with Crippen molar-refractivity contribution in [3.63, 3.8) is 0 Å². The highest BCUT2D eigenvalue weighted by Gasteiger charge is 2.47. The Kier molecular flexibility index (Phi) is 12.7. The summed E-state index contributed by atoms with van der Waals surface area (Å²) in [6, 6.07) is 0. The Morgan fingerprint density at radius 2 is 1.15 bits per heavy atom. The second-order valence-electron chi connectivity index (χ2n) is 12.2. The molecule has 3 fully saturated rings. The highest BCUT2D eigenvalue weighted by atomic mass is 16.7. The second-order valence-corrected chi connectivity index (χ2v) is 12.2. The van der Waals surface area contributed by atoms with Crippen molar-refractivity contribution in [3.8, 4) is 0 Å². The van der Waals surface area contributed by atoms with E-state index < -0.39 is 36.7 Å². The van der Waals surface area contributed by atoms with Crippen molar-refractivity contribution in [3.05, 3.63) is 0 Å². The predicted octanol–water partition coefficient (Wildman–Crippen LogP) is -2.10. The van der Waals surface area contributed by atoms with Crippen LogP contribution in [0.2, 0.25) is 0 Å². The predicted molar refractivity (Wildman–Crippen MR) is 173 cm³/mol. The van der Waals surface area contributed by atoms with Gasteiger partial charge in [0.25, 0.3) is 0 Å². The summed E-state index contributed by atoms with van der Waals surface area (Å²) in [7, 11) is 0. The van der Waals surface area contributed by atoms with Crippen LogP contribution >= 0.6 is 0 Å². The van der Waals surface area contributed by atoms with Crippen LogP contribution in [0.3, 0.4) is 0 Å². The fraction of sp³-hybridized carbons (Fsp3) is 0.767. The molecule has 0 saturated carbocycles. The number of hydrogen-bond acceptors (Lipinski definition) is 17. The molecule has 0 aromatic carbocycles. The Bertz CT molecular complexity index is 1340. The Balaban J connectivity index is 1.52. The number of carbonyl (C=O) groups is 1. The molecular formula is C30H48N8O10. The molecule has 18 nitrogen and oxygen atoms in total. The van der Waals surface area contributed by atoms with E-state index in [1.165, 1.54) is 0 Å². The van der Waals surface area contributed by atoms with Gasteiger partial charge in [-0.25, -0.2) is 14.8 Å². The summed E-state index contributed by atoms with van der Waals surface area (Å²) in [5.41, 5.74) is 1.06. The number of aliphatic hydroxyl groups excluding tert-OH is 6. The van der Waals surface area contributed by atoms with Crippen LogP contribution < -0.4 is 19.6 Å². The van der Waals surface area contributed by atoms with Gasteiger partial charge in [0.1, 0.15) is 29.3 Å². The molecule has 3 aliphatic heterocycles. The van der Waals surface area contributed by atoms with Crippen LogP contribution in [-0.2, 0) is 14.3 Å². The molecule has 18 heteroatoms. The van der Waals surface area contributed by atoms with E-state index in [0.29, 0.717) is 28.6 Å². The summed E-state index contributed by atoms with van der Waals surface area (Å²) >= 11 is 0. The Hall–Kier alpha value is -3.23. The number of aromatic nitrogens is 4. The highest BCUT2D eigenvalue weighted by molar-refractivity contribution is 5.95. The third-order valence-corrected chi connectivity index (χ3v) is 8.93. The summed E-state index contributed by atoms with van der Waals surface area (Å²) in [6.45, 7) is 3.02. The van der Waals surface area contributed by atoms with E-state index in [-0.39, 0.29) is 58.6 Å². The van der Waals surface area contributed by atoms with Crippen LogP contribution in [0.25, 0.3) is 11.0 Å². The van der Waals surface area contributed by atoms with E-state index in [1.54, 1.807) is 9.80 Å². The number of rotatable bonds is 15. The molecule has 48 heavy (non-hydrogen) atoms. The van der Waals surface area contributed by atoms with Crippen LogP contribution in [0.15, 0.2) is 0 Å². The van der Waals surface area contributed by atoms with E-state index in [9.17, 15) is 40.5 Å². The number of fused-ring (bicyclic) bond motifs is 1. The molecule has 2 aromatic heterocycles. The highest BCUT2D eigenvalue weighted by Crippen LogP contribution is 2.35. The van der Waals surface area contributed by atoms with Crippen molar-refractivity contribution in [1.82, 2.24) is 19.9 Å². The number of nitrogens with zero attached hydrogens (tertiary/aromatic N) is 8. The van der Waals surface area contributed by atoms with Crippen molar-refractivity contribution in [2.24, 2.45) is 0 Å². The van der Waals surface area contributed by atoms with Crippen molar-refractivity contribution < 1.29 is 50.0 Å². The van der Waals surface area contributed by atoms with Crippen LogP contribution in [0.4, 0.5) is 23.5 Å². The number of aliphatic hydroxyl groups is 6. The Morgan fingerprint density at radius 1 is 0.688 bits per heavy atom. The lowest BCUT2D eigenvalue weighted by molar-refractivity contribution is -0.293. The van der Waals surface area contributed by atoms with Gasteiger partial charge < -0.3 is 64.8 Å². The van der Waals surface area contributed by atoms with Gasteiger partial charge >= 0.3 is 5.97 Å². The van der Waals surface area contributed by atoms with Gasteiger partial charge in [0.05, 0.1) is 26.4 Å². The lowest BCUT2D eigenvalue weighted by Crippen LogP contribution is -2.60. The maximum atomic E-state index is 11.5. The van der Waals surface area contributed by atoms with Gasteiger partial charge in [-0.3, -0.25) is 0 Å². The van der Waals surface area contributed by atoms with Gasteiger partial charge in [-0.05, 0) is 38.5 Å². The molecule has 0 bridgehead atoms. The van der Waals surface area contributed by atoms with Crippen molar-refractivity contribution in [1.29, 1.82) is 0 Å². The van der Waals surface area contributed by atoms with E-state index in [4.69, 9.17) is 29.4 Å². The number of anilines is 4. The molecule has 1 unspecified atom stereocenters. The van der Waals surface area contributed by atoms with Gasteiger partial charge in [0.15, 0.2) is 24.0 Å². The van der Waals surface area contributed by atoms with E-state index >= 15 is 0 Å². The summed E-state index contributed by atoms with van der Waals surface area (Å²) in [5, 5.41) is 69.5. The number of carboxylic acid groups (broad SMARTS) is 1. The minimum absolute atomic E-state index is 0.0905. The average molecular weight is 681 g/mol. The quantitative estimate of drug-likeness (QED) is 0.107. The van der Waals surface area contributed by atoms with Gasteiger partial charge in [0, 0.05) is 52.4 Å². The molecule has 7 N–H and O–H groups in total. The molecule has 2 aromatic rings. The van der Waals surface area contributed by atoms with Gasteiger partial charge in [0.2, 0.25) is 11.9 Å². The fourth-order valence-electron chi connectivity index (χ4n) is 6.35. The smallest absolute Gasteiger partial charge is 0.335 e.